The number of hydrogen-bond donors (Lipinski definition) is 10. The Hall–Kier alpha value is -2.74. The van der Waals surface area contributed by atoms with Gasteiger partial charge in [-0.15, -0.1) is 0 Å². The molecular weight excluding hydrogens is 1530 g/mol. The lowest BCUT2D eigenvalue weighted by atomic mass is 9.94. The molecule has 60 heteroatoms. The zero-order valence-corrected chi connectivity index (χ0v) is 56.0. The molecular formula is C37H62O52S8. The third-order valence-electron chi connectivity index (χ3n) is 13.6. The normalized spacial score (nSPS) is 37.0. The fourth-order valence-electron chi connectivity index (χ4n) is 10.2. The summed E-state index contributed by atoms with van der Waals surface area (Å²) in [6, 6.07) is 0. The van der Waals surface area contributed by atoms with E-state index >= 15 is 0 Å². The highest BCUT2D eigenvalue weighted by atomic mass is 32.3. The van der Waals surface area contributed by atoms with Gasteiger partial charge in [0.05, 0.1) is 19.8 Å². The van der Waals surface area contributed by atoms with Gasteiger partial charge in [0, 0.05) is 49.8 Å². The van der Waals surface area contributed by atoms with Crippen molar-refractivity contribution in [3.8, 4) is 0 Å². The Morgan fingerprint density at radius 1 is 0.268 bits per heavy atom. The number of rotatable bonds is 36. The number of hydrogen-bond acceptors (Lipinski definition) is 42. The van der Waals surface area contributed by atoms with Crippen LogP contribution in [0.25, 0.3) is 0 Å². The van der Waals surface area contributed by atoms with E-state index in [4.69, 9.17) is 84.2 Å². The minimum atomic E-state index is -6.27. The zero-order chi connectivity index (χ0) is 73.7. The Kier molecular flexibility index (Phi) is 29.6. The second-order valence-electron chi connectivity index (χ2n) is 19.6. The molecule has 97 heavy (non-hydrogen) atoms. The van der Waals surface area contributed by atoms with Crippen molar-refractivity contribution >= 4 is 95.1 Å². The van der Waals surface area contributed by atoms with Crippen LogP contribution in [0.5, 0.6) is 0 Å². The molecule has 0 aromatic rings. The van der Waals surface area contributed by atoms with Crippen LogP contribution in [-0.2, 0) is 202 Å². The maximum absolute atomic E-state index is 13.3. The fourth-order valence-corrected chi connectivity index (χ4v) is 13.6. The van der Waals surface area contributed by atoms with Crippen molar-refractivity contribution in [3.63, 3.8) is 0 Å². The van der Waals surface area contributed by atoms with Crippen molar-refractivity contribution in [1.29, 1.82) is 0 Å². The molecule has 0 aromatic carbocycles. The van der Waals surface area contributed by atoms with Crippen LogP contribution in [0, 0.1) is 0 Å². The molecule has 570 valence electrons. The fraction of sp³-hybridized carbons (Fsp3) is 0.946. The van der Waals surface area contributed by atoms with Crippen LogP contribution < -0.4 is 0 Å². The minimum absolute atomic E-state index is 0.680. The van der Waals surface area contributed by atoms with Crippen LogP contribution >= 0.6 is 0 Å². The van der Waals surface area contributed by atoms with E-state index in [-0.39, 0.29) is 0 Å². The molecule has 0 spiro atoms. The summed E-state index contributed by atoms with van der Waals surface area (Å²) in [6.07, 6.45) is -63.4. The molecule has 5 fully saturated rings. The van der Waals surface area contributed by atoms with E-state index in [9.17, 15) is 124 Å². The average Bonchev–Trinajstić information content (AvgIpc) is 0.764. The first-order chi connectivity index (χ1) is 44.4. The first-order valence-corrected chi connectivity index (χ1v) is 36.5. The van der Waals surface area contributed by atoms with E-state index in [0.29, 0.717) is 21.3 Å². The lowest BCUT2D eigenvalue weighted by molar-refractivity contribution is -0.387. The van der Waals surface area contributed by atoms with Crippen LogP contribution in [0.4, 0.5) is 0 Å². The number of carboxylic acids is 2. The molecule has 25 atom stereocenters. The molecule has 0 radical (unpaired) electrons. The number of carboxylic acid groups (broad SMARTS) is 2. The van der Waals surface area contributed by atoms with Crippen molar-refractivity contribution in [1.82, 2.24) is 0 Å². The molecule has 5 rings (SSSR count). The molecule has 0 saturated carbocycles. The molecule has 5 saturated heterocycles. The summed E-state index contributed by atoms with van der Waals surface area (Å²) in [5, 5.41) is 21.4. The van der Waals surface area contributed by atoms with Gasteiger partial charge < -0.3 is 86.0 Å². The van der Waals surface area contributed by atoms with E-state index in [1.54, 1.807) is 0 Å². The lowest BCUT2D eigenvalue weighted by Crippen LogP contribution is -2.70. The second kappa shape index (κ2) is 33.8. The summed E-state index contributed by atoms with van der Waals surface area (Å²) in [6.45, 7) is -4.64. The molecule has 0 aromatic heterocycles. The van der Waals surface area contributed by atoms with Crippen LogP contribution in [0.2, 0.25) is 0 Å². The molecule has 52 nitrogen and oxygen atoms in total. The molecule has 5 aliphatic rings. The highest BCUT2D eigenvalue weighted by molar-refractivity contribution is 7.82. The molecule has 0 bridgehead atoms. The maximum Gasteiger partial charge on any atom is 0.397 e. The summed E-state index contributed by atoms with van der Waals surface area (Å²) in [7, 11) is -41.3. The minimum Gasteiger partial charge on any atom is -0.479 e. The lowest BCUT2D eigenvalue weighted by Gasteiger charge is -2.51. The number of carbonyl (C=O) groups is 2. The van der Waals surface area contributed by atoms with E-state index in [1.165, 1.54) is 0 Å². The van der Waals surface area contributed by atoms with Crippen molar-refractivity contribution < 1.29 is 233 Å². The molecule has 0 amide bonds. The Bertz CT molecular complexity index is 3590. The van der Waals surface area contributed by atoms with Gasteiger partial charge in [-0.25, -0.2) is 43.1 Å². The molecule has 10 N–H and O–H groups in total. The Morgan fingerprint density at radius 3 is 0.753 bits per heavy atom. The predicted octanol–water partition coefficient (Wildman–Crippen LogP) is -8.54. The summed E-state index contributed by atoms with van der Waals surface area (Å²) < 4.78 is 398. The summed E-state index contributed by atoms with van der Waals surface area (Å²) >= 11 is 0. The van der Waals surface area contributed by atoms with Crippen LogP contribution in [-0.4, -0.2) is 349 Å². The molecule has 0 unspecified atom stereocenters. The highest BCUT2D eigenvalue weighted by Crippen LogP contribution is 2.41. The second-order valence-corrected chi connectivity index (χ2v) is 28.1. The summed E-state index contributed by atoms with van der Waals surface area (Å²) in [5.41, 5.74) is 0. The third-order valence-corrected chi connectivity index (χ3v) is 17.2. The first kappa shape index (κ1) is 84.9. The average molecular weight is 1600 g/mol. The first-order valence-electron chi connectivity index (χ1n) is 25.6. The topological polar surface area (TPSA) is 731 Å². The monoisotopic (exact) mass is 1590 g/mol. The smallest absolute Gasteiger partial charge is 0.397 e. The van der Waals surface area contributed by atoms with Gasteiger partial charge in [-0.1, -0.05) is 0 Å². The molecule has 5 heterocycles. The maximum atomic E-state index is 13.3. The van der Waals surface area contributed by atoms with E-state index in [1.807, 2.05) is 0 Å². The van der Waals surface area contributed by atoms with Gasteiger partial charge in [-0.2, -0.15) is 67.3 Å². The third kappa shape index (κ3) is 24.4. The van der Waals surface area contributed by atoms with E-state index < -0.39 is 268 Å². The van der Waals surface area contributed by atoms with Crippen molar-refractivity contribution in [2.75, 3.05) is 69.6 Å². The van der Waals surface area contributed by atoms with Gasteiger partial charge in [0.15, 0.2) is 62.0 Å². The van der Waals surface area contributed by atoms with Gasteiger partial charge in [-0.3, -0.25) is 36.4 Å². The van der Waals surface area contributed by atoms with Gasteiger partial charge in [0.1, 0.15) is 91.6 Å². The van der Waals surface area contributed by atoms with Crippen LogP contribution in [0.3, 0.4) is 0 Å². The Morgan fingerprint density at radius 2 is 0.495 bits per heavy atom. The van der Waals surface area contributed by atoms with Gasteiger partial charge in [0.25, 0.3) is 0 Å². The number of aliphatic carboxylic acids is 2. The van der Waals surface area contributed by atoms with Crippen molar-refractivity contribution in [2.45, 2.75) is 154 Å². The largest absolute Gasteiger partial charge is 0.479 e. The molecule has 5 aliphatic heterocycles. The van der Waals surface area contributed by atoms with Crippen LogP contribution in [0.15, 0.2) is 0 Å². The van der Waals surface area contributed by atoms with Crippen molar-refractivity contribution in [2.24, 2.45) is 0 Å². The zero-order valence-electron chi connectivity index (χ0n) is 49.4. The highest BCUT2D eigenvalue weighted by Gasteiger charge is 2.63. The quantitative estimate of drug-likeness (QED) is 0.0260. The predicted molar refractivity (Wildman–Crippen MR) is 284 cm³/mol. The Labute approximate surface area is 548 Å². The van der Waals surface area contributed by atoms with E-state index in [0.717, 1.165) is 28.4 Å². The van der Waals surface area contributed by atoms with Crippen molar-refractivity contribution in [3.05, 3.63) is 0 Å². The summed E-state index contributed by atoms with van der Waals surface area (Å²) in [4.78, 5) is 26.6. The van der Waals surface area contributed by atoms with Gasteiger partial charge in [-0.05, 0) is 0 Å². The SMILES string of the molecule is CO[C@H]1O[C@H](COS(=O)(=O)O)[C@@H](O[C@@H]2O[C@@H](C(=O)O)[C@@H](O[C@H]3O[C@H](COS(=O)(=O)O)[C@@H](O[C@@H]4O[C@H](C(=O)O)[C@@H](O[C@H]5O[C@H](COS(=O)(=O)O)[C@@H](OC)[C@H](OC)[C@H]5OS(=O)(=O)O)[C@H](OC)[C@H]4OC)[C@H](OS(=O)(=O)O)[C@H]3OS(=O)(=O)O)[C@H](OC)[C@H]2OC)[C@H](OS(=O)(=O)O)[C@H]1OS(=O)(=O)O. The summed E-state index contributed by atoms with van der Waals surface area (Å²) in [5.74, 6) is -4.49. The molecule has 0 aliphatic carbocycles. The van der Waals surface area contributed by atoms with E-state index in [2.05, 4.69) is 25.1 Å². The number of methoxy groups -OCH3 is 7. The van der Waals surface area contributed by atoms with Crippen LogP contribution in [0.1, 0.15) is 0 Å². The van der Waals surface area contributed by atoms with Gasteiger partial charge in [0.2, 0.25) is 0 Å². The Balaban J connectivity index is 1.65. The number of ether oxygens (including phenoxy) is 16. The van der Waals surface area contributed by atoms with Gasteiger partial charge >= 0.3 is 95.1 Å². The standard InChI is InChI=1S/C37H62O52S8/c1-66-14-11(8-73-90(42,43)44)77-36(28(17(14)67-2)87-95(57,58)59)81-20-18(68-3)26(70-5)35(83-24(20)31(38)39)80-16-13(10-75-92(48,49)50)78-37(30(89-97(63,64)65)23(16)86-94(54,55)56)82-21-19(69-4)27(71-6)34(84-25(21)32(40)41)79-15-12(9-74-91(45,46)47)76-33(72-7)29(88-96(60,61)62)22(15)85-93(51,52)53/h11-30,33-37H,8-10H2,1-7H3,(H,38,39)(H,40,41)(H,42,43,44)(H,45,46,47)(H,48,49,50)(H,51,52,53)(H,54,55,56)(H,57,58,59)(H,60,61,62)(H,63,64,65)/t11-,12-,13-,14-,15-,16-,17+,18+,19+,20+,21+,22+,23+,24+,25-,26-,27-,28-,29-,30-,33+,34-,35-,36-,37-/m1/s1.